The summed E-state index contributed by atoms with van der Waals surface area (Å²) in [6.45, 7) is 2.14. The molecule has 0 spiro atoms. The third-order valence-electron chi connectivity index (χ3n) is 3.46. The Bertz CT molecular complexity index is 879. The van der Waals surface area contributed by atoms with Gasteiger partial charge in [0.15, 0.2) is 11.5 Å². The second-order valence-corrected chi connectivity index (χ2v) is 6.37. The SMILES string of the molecule is CC(c1nnc(N)s1)n1cc(-c2cc3c(cc2Cl)OCO3)nn1. The maximum Gasteiger partial charge on any atom is 0.231 e. The Balaban J connectivity index is 1.68. The normalized spacial score (nSPS) is 14.2. The molecule has 0 aliphatic carbocycles. The van der Waals surface area contributed by atoms with Crippen molar-refractivity contribution in [1.29, 1.82) is 0 Å². The summed E-state index contributed by atoms with van der Waals surface area (Å²) in [5.74, 6) is 1.27. The predicted molar refractivity (Wildman–Crippen MR) is 84.7 cm³/mol. The van der Waals surface area contributed by atoms with Crippen molar-refractivity contribution < 1.29 is 9.47 Å². The first-order chi connectivity index (χ1) is 11.1. The predicted octanol–water partition coefficient (Wildman–Crippen LogP) is 2.37. The number of anilines is 1. The third kappa shape index (κ3) is 2.47. The molecular formula is C13H11ClN6O2S. The van der Waals surface area contributed by atoms with Crippen molar-refractivity contribution in [3.63, 3.8) is 0 Å². The van der Waals surface area contributed by atoms with E-state index in [0.29, 0.717) is 27.3 Å². The molecule has 8 nitrogen and oxygen atoms in total. The molecule has 4 rings (SSSR count). The lowest BCUT2D eigenvalue weighted by atomic mass is 10.1. The van der Waals surface area contributed by atoms with Gasteiger partial charge in [0.1, 0.15) is 16.7 Å². The lowest BCUT2D eigenvalue weighted by Gasteiger charge is -2.06. The molecule has 1 aliphatic heterocycles. The molecule has 1 unspecified atom stereocenters. The number of halogens is 1. The Kier molecular flexibility index (Phi) is 3.31. The number of hydrogen-bond donors (Lipinski definition) is 1. The minimum Gasteiger partial charge on any atom is -0.454 e. The highest BCUT2D eigenvalue weighted by Gasteiger charge is 2.20. The first-order valence-electron chi connectivity index (χ1n) is 6.72. The average molecular weight is 351 g/mol. The molecule has 1 aliphatic rings. The standard InChI is InChI=1S/C13H11ClN6O2S/c1-6(12-17-18-13(15)23-12)20-4-9(16-19-20)7-2-10-11(3-8(7)14)22-5-21-10/h2-4,6H,5H2,1H3,(H2,15,18). The number of fused-ring (bicyclic) bond motifs is 1. The van der Waals surface area contributed by atoms with E-state index in [-0.39, 0.29) is 12.8 Å². The van der Waals surface area contributed by atoms with Crippen LogP contribution in [0.5, 0.6) is 11.5 Å². The summed E-state index contributed by atoms with van der Waals surface area (Å²) in [5.41, 5.74) is 6.98. The van der Waals surface area contributed by atoms with Crippen molar-refractivity contribution in [3.8, 4) is 22.8 Å². The van der Waals surface area contributed by atoms with Crippen LogP contribution in [0, 0.1) is 0 Å². The van der Waals surface area contributed by atoms with Crippen molar-refractivity contribution in [1.82, 2.24) is 25.2 Å². The van der Waals surface area contributed by atoms with Gasteiger partial charge < -0.3 is 15.2 Å². The van der Waals surface area contributed by atoms with Crippen LogP contribution in [0.15, 0.2) is 18.3 Å². The number of nitrogen functional groups attached to an aromatic ring is 1. The minimum absolute atomic E-state index is 0.126. The van der Waals surface area contributed by atoms with Crippen molar-refractivity contribution in [2.24, 2.45) is 0 Å². The van der Waals surface area contributed by atoms with Crippen LogP contribution in [0.1, 0.15) is 18.0 Å². The molecule has 0 bridgehead atoms. The zero-order valence-electron chi connectivity index (χ0n) is 11.9. The van der Waals surface area contributed by atoms with Crippen LogP contribution in [0.4, 0.5) is 5.13 Å². The summed E-state index contributed by atoms with van der Waals surface area (Å²) in [6.07, 6.45) is 1.80. The highest BCUT2D eigenvalue weighted by Crippen LogP contribution is 2.40. The summed E-state index contributed by atoms with van der Waals surface area (Å²) < 4.78 is 12.4. The Morgan fingerprint density at radius 2 is 2.04 bits per heavy atom. The van der Waals surface area contributed by atoms with Crippen molar-refractivity contribution in [3.05, 3.63) is 28.4 Å². The molecule has 0 fully saturated rings. The second-order valence-electron chi connectivity index (χ2n) is 4.92. The lowest BCUT2D eigenvalue weighted by Crippen LogP contribution is -2.07. The number of nitrogens with two attached hydrogens (primary N) is 1. The fourth-order valence-electron chi connectivity index (χ4n) is 2.23. The molecule has 2 aromatic heterocycles. The molecule has 3 aromatic rings. The maximum absolute atomic E-state index is 6.30. The van der Waals surface area contributed by atoms with Gasteiger partial charge in [0, 0.05) is 11.6 Å². The molecule has 0 amide bonds. The van der Waals surface area contributed by atoms with Gasteiger partial charge in [0.05, 0.1) is 11.2 Å². The molecule has 0 saturated carbocycles. The summed E-state index contributed by atoms with van der Waals surface area (Å²) in [4.78, 5) is 0. The Hall–Kier alpha value is -2.39. The van der Waals surface area contributed by atoms with Gasteiger partial charge in [-0.05, 0) is 13.0 Å². The summed E-state index contributed by atoms with van der Waals surface area (Å²) in [5, 5.41) is 17.9. The highest BCUT2D eigenvalue weighted by molar-refractivity contribution is 7.15. The smallest absolute Gasteiger partial charge is 0.231 e. The Morgan fingerprint density at radius 1 is 1.26 bits per heavy atom. The van der Waals surface area contributed by atoms with Gasteiger partial charge >= 0.3 is 0 Å². The molecule has 1 atom stereocenters. The van der Waals surface area contributed by atoms with Gasteiger partial charge in [-0.2, -0.15) is 0 Å². The monoisotopic (exact) mass is 350 g/mol. The topological polar surface area (TPSA) is 101 Å². The Morgan fingerprint density at radius 3 is 2.78 bits per heavy atom. The van der Waals surface area contributed by atoms with E-state index in [4.69, 9.17) is 26.8 Å². The second kappa shape index (κ2) is 5.36. The zero-order valence-corrected chi connectivity index (χ0v) is 13.5. The van der Waals surface area contributed by atoms with Gasteiger partial charge in [-0.15, -0.1) is 15.3 Å². The number of benzene rings is 1. The van der Waals surface area contributed by atoms with Crippen LogP contribution in [0.3, 0.4) is 0 Å². The van der Waals surface area contributed by atoms with Gasteiger partial charge in [-0.3, -0.25) is 0 Å². The van der Waals surface area contributed by atoms with Crippen LogP contribution in [-0.2, 0) is 0 Å². The zero-order chi connectivity index (χ0) is 16.0. The molecule has 10 heteroatoms. The van der Waals surface area contributed by atoms with Crippen LogP contribution < -0.4 is 15.2 Å². The first kappa shape index (κ1) is 14.2. The molecule has 0 radical (unpaired) electrons. The fraction of sp³-hybridized carbons (Fsp3) is 0.231. The number of aromatic nitrogens is 5. The molecule has 118 valence electrons. The lowest BCUT2D eigenvalue weighted by molar-refractivity contribution is 0.174. The number of hydrogen-bond acceptors (Lipinski definition) is 8. The van der Waals surface area contributed by atoms with E-state index in [1.165, 1.54) is 11.3 Å². The fourth-order valence-corrected chi connectivity index (χ4v) is 3.14. The van der Waals surface area contributed by atoms with E-state index in [1.807, 2.05) is 6.92 Å². The number of rotatable bonds is 3. The maximum atomic E-state index is 6.30. The van der Waals surface area contributed by atoms with Crippen LogP contribution in [0.2, 0.25) is 5.02 Å². The van der Waals surface area contributed by atoms with Gasteiger partial charge in [-0.25, -0.2) is 4.68 Å². The first-order valence-corrected chi connectivity index (χ1v) is 7.91. The quantitative estimate of drug-likeness (QED) is 0.773. The van der Waals surface area contributed by atoms with Crippen molar-refractivity contribution >= 4 is 28.1 Å². The Labute approximate surface area is 139 Å². The van der Waals surface area contributed by atoms with Gasteiger partial charge in [-0.1, -0.05) is 28.2 Å². The van der Waals surface area contributed by atoms with Crippen LogP contribution in [-0.4, -0.2) is 32.0 Å². The van der Waals surface area contributed by atoms with E-state index in [2.05, 4.69) is 20.5 Å². The van der Waals surface area contributed by atoms with Gasteiger partial charge in [0.2, 0.25) is 11.9 Å². The van der Waals surface area contributed by atoms with Crippen molar-refractivity contribution in [2.75, 3.05) is 12.5 Å². The van der Waals surface area contributed by atoms with E-state index in [9.17, 15) is 0 Å². The van der Waals surface area contributed by atoms with E-state index in [0.717, 1.165) is 10.6 Å². The van der Waals surface area contributed by atoms with Crippen LogP contribution >= 0.6 is 22.9 Å². The van der Waals surface area contributed by atoms with Crippen molar-refractivity contribution in [2.45, 2.75) is 13.0 Å². The summed E-state index contributed by atoms with van der Waals surface area (Å²) >= 11 is 7.62. The highest BCUT2D eigenvalue weighted by atomic mass is 35.5. The molecule has 3 heterocycles. The number of ether oxygens (including phenoxy) is 2. The minimum atomic E-state index is -0.126. The molecule has 0 saturated heterocycles. The van der Waals surface area contributed by atoms with E-state index >= 15 is 0 Å². The molecular weight excluding hydrogens is 340 g/mol. The molecule has 1 aromatic carbocycles. The van der Waals surface area contributed by atoms with Gasteiger partial charge in [0.25, 0.3) is 0 Å². The molecule has 23 heavy (non-hydrogen) atoms. The average Bonchev–Trinajstić information content (AvgIpc) is 3.24. The van der Waals surface area contributed by atoms with Crippen LogP contribution in [0.25, 0.3) is 11.3 Å². The largest absolute Gasteiger partial charge is 0.454 e. The third-order valence-corrected chi connectivity index (χ3v) is 4.69. The van der Waals surface area contributed by atoms with E-state index in [1.54, 1.807) is 23.0 Å². The summed E-state index contributed by atoms with van der Waals surface area (Å²) in [7, 11) is 0. The number of nitrogens with zero attached hydrogens (tertiary/aromatic N) is 5. The summed E-state index contributed by atoms with van der Waals surface area (Å²) in [6, 6.07) is 3.39. The molecule has 2 N–H and O–H groups in total. The van der Waals surface area contributed by atoms with E-state index < -0.39 is 0 Å².